The molecule has 17 heavy (non-hydrogen) atoms. The van der Waals surface area contributed by atoms with Crippen LogP contribution in [0.2, 0.25) is 0 Å². The second kappa shape index (κ2) is 5.10. The van der Waals surface area contributed by atoms with Crippen molar-refractivity contribution in [3.63, 3.8) is 0 Å². The molecule has 90 valence electrons. The lowest BCUT2D eigenvalue weighted by molar-refractivity contribution is 0.432. The first kappa shape index (κ1) is 11.8. The minimum Gasteiger partial charge on any atom is -0.444 e. The fourth-order valence-electron chi connectivity index (χ4n) is 1.63. The Morgan fingerprint density at radius 3 is 2.59 bits per heavy atom. The molecule has 4 heteroatoms. The monoisotopic (exact) mass is 231 g/mol. The Morgan fingerprint density at radius 2 is 2.00 bits per heavy atom. The van der Waals surface area contributed by atoms with E-state index in [0.717, 1.165) is 17.3 Å². The fourth-order valence-corrected chi connectivity index (χ4v) is 1.63. The maximum Gasteiger partial charge on any atom is 0.208 e. The van der Waals surface area contributed by atoms with E-state index in [4.69, 9.17) is 4.42 Å². The van der Waals surface area contributed by atoms with E-state index in [2.05, 4.69) is 22.2 Å². The molecule has 0 spiro atoms. The molecule has 2 aromatic heterocycles. The van der Waals surface area contributed by atoms with Gasteiger partial charge in [0.05, 0.1) is 12.2 Å². The van der Waals surface area contributed by atoms with E-state index < -0.39 is 0 Å². The summed E-state index contributed by atoms with van der Waals surface area (Å²) in [6.45, 7) is 6.63. The van der Waals surface area contributed by atoms with E-state index >= 15 is 0 Å². The second-order valence-electron chi connectivity index (χ2n) is 4.13. The van der Waals surface area contributed by atoms with E-state index in [9.17, 15) is 0 Å². The molecule has 0 saturated heterocycles. The van der Waals surface area contributed by atoms with E-state index in [1.165, 1.54) is 5.56 Å². The summed E-state index contributed by atoms with van der Waals surface area (Å²) >= 11 is 0. The van der Waals surface area contributed by atoms with Crippen LogP contribution in [0.15, 0.2) is 28.9 Å². The van der Waals surface area contributed by atoms with Gasteiger partial charge < -0.3 is 9.73 Å². The molecule has 0 aliphatic carbocycles. The highest BCUT2D eigenvalue weighted by Crippen LogP contribution is 2.12. The lowest BCUT2D eigenvalue weighted by Gasteiger charge is -2.12. The minimum absolute atomic E-state index is 0.255. The van der Waals surface area contributed by atoms with E-state index in [1.54, 1.807) is 12.4 Å². The first-order chi connectivity index (χ1) is 8.16. The van der Waals surface area contributed by atoms with Gasteiger partial charge in [0.2, 0.25) is 5.89 Å². The molecule has 0 radical (unpaired) electrons. The van der Waals surface area contributed by atoms with Crippen LogP contribution in [0.4, 0.5) is 0 Å². The summed E-state index contributed by atoms with van der Waals surface area (Å²) in [6, 6.07) is 4.26. The van der Waals surface area contributed by atoms with Gasteiger partial charge in [-0.2, -0.15) is 0 Å². The molecule has 0 fully saturated rings. The zero-order valence-electron chi connectivity index (χ0n) is 10.4. The Hall–Kier alpha value is -1.68. The number of nitrogens with zero attached hydrogens (tertiary/aromatic N) is 2. The van der Waals surface area contributed by atoms with Crippen LogP contribution in [0.5, 0.6) is 0 Å². The topological polar surface area (TPSA) is 51.0 Å². The van der Waals surface area contributed by atoms with Gasteiger partial charge in [0.15, 0.2) is 0 Å². The average Bonchev–Trinajstić information content (AvgIpc) is 2.67. The summed E-state index contributed by atoms with van der Waals surface area (Å²) in [5.74, 6) is 1.62. The Bertz CT molecular complexity index is 459. The number of nitrogens with one attached hydrogen (secondary N) is 1. The van der Waals surface area contributed by atoms with Crippen molar-refractivity contribution in [2.45, 2.75) is 33.4 Å². The molecule has 2 aromatic rings. The molecular formula is C13H17N3O. The van der Waals surface area contributed by atoms with E-state index in [-0.39, 0.29) is 6.04 Å². The number of aromatic nitrogens is 2. The van der Waals surface area contributed by atoms with Gasteiger partial charge in [-0.25, -0.2) is 4.98 Å². The highest BCUT2D eigenvalue weighted by atomic mass is 16.4. The van der Waals surface area contributed by atoms with Gasteiger partial charge in [-0.15, -0.1) is 0 Å². The summed E-state index contributed by atoms with van der Waals surface area (Å²) in [5, 5.41) is 3.37. The van der Waals surface area contributed by atoms with Crippen molar-refractivity contribution < 1.29 is 4.42 Å². The van der Waals surface area contributed by atoms with Crippen LogP contribution >= 0.6 is 0 Å². The molecule has 1 atom stereocenters. The van der Waals surface area contributed by atoms with Crippen molar-refractivity contribution in [2.24, 2.45) is 0 Å². The maximum absolute atomic E-state index is 5.51. The molecule has 0 bridgehead atoms. The summed E-state index contributed by atoms with van der Waals surface area (Å²) in [7, 11) is 0. The van der Waals surface area contributed by atoms with Gasteiger partial charge >= 0.3 is 0 Å². The predicted octanol–water partition coefficient (Wildman–Crippen LogP) is 2.54. The third-order valence-electron chi connectivity index (χ3n) is 2.84. The van der Waals surface area contributed by atoms with Crippen molar-refractivity contribution in [1.82, 2.24) is 15.3 Å². The summed E-state index contributed by atoms with van der Waals surface area (Å²) in [4.78, 5) is 8.34. The van der Waals surface area contributed by atoms with Gasteiger partial charge in [-0.1, -0.05) is 0 Å². The molecule has 1 N–H and O–H groups in total. The molecule has 0 amide bonds. The number of hydrogen-bond donors (Lipinski definition) is 1. The van der Waals surface area contributed by atoms with Gasteiger partial charge in [0.1, 0.15) is 5.76 Å². The van der Waals surface area contributed by atoms with Crippen LogP contribution in [-0.2, 0) is 6.54 Å². The van der Waals surface area contributed by atoms with Crippen LogP contribution < -0.4 is 5.32 Å². The lowest BCUT2D eigenvalue weighted by Crippen LogP contribution is -2.18. The summed E-state index contributed by atoms with van der Waals surface area (Å²) in [5.41, 5.74) is 2.17. The molecular weight excluding hydrogens is 214 g/mol. The third kappa shape index (κ3) is 2.91. The molecule has 2 heterocycles. The lowest BCUT2D eigenvalue weighted by atomic mass is 10.1. The molecule has 0 aliphatic heterocycles. The third-order valence-corrected chi connectivity index (χ3v) is 2.84. The van der Waals surface area contributed by atoms with Crippen LogP contribution in [0.25, 0.3) is 0 Å². The van der Waals surface area contributed by atoms with Gasteiger partial charge in [0.25, 0.3) is 0 Å². The Labute approximate surface area is 101 Å². The number of pyridine rings is 1. The standard InChI is InChI=1S/C13H17N3O/c1-9-11(3)17-13(16-9)8-15-10(2)12-4-6-14-7-5-12/h4-7,10,15H,8H2,1-3H3. The molecule has 0 saturated carbocycles. The minimum atomic E-state index is 0.255. The van der Waals surface area contributed by atoms with Crippen LogP contribution in [0.1, 0.15) is 35.9 Å². The van der Waals surface area contributed by atoms with Crippen LogP contribution in [0.3, 0.4) is 0 Å². The van der Waals surface area contributed by atoms with Crippen molar-refractivity contribution in [3.05, 3.63) is 47.4 Å². The number of rotatable bonds is 4. The predicted molar refractivity (Wildman–Crippen MR) is 65.5 cm³/mol. The van der Waals surface area contributed by atoms with Crippen molar-refractivity contribution >= 4 is 0 Å². The normalized spacial score (nSPS) is 12.6. The van der Waals surface area contributed by atoms with Crippen molar-refractivity contribution in [1.29, 1.82) is 0 Å². The fraction of sp³-hybridized carbons (Fsp3) is 0.385. The zero-order chi connectivity index (χ0) is 12.3. The highest BCUT2D eigenvalue weighted by Gasteiger charge is 2.08. The first-order valence-corrected chi connectivity index (χ1v) is 5.73. The van der Waals surface area contributed by atoms with Gasteiger partial charge in [-0.3, -0.25) is 4.98 Å². The molecule has 1 unspecified atom stereocenters. The van der Waals surface area contributed by atoms with Crippen molar-refractivity contribution in [2.75, 3.05) is 0 Å². The maximum atomic E-state index is 5.51. The zero-order valence-corrected chi connectivity index (χ0v) is 10.4. The Morgan fingerprint density at radius 1 is 1.29 bits per heavy atom. The summed E-state index contributed by atoms with van der Waals surface area (Å²) in [6.07, 6.45) is 3.60. The highest BCUT2D eigenvalue weighted by molar-refractivity contribution is 5.14. The Kier molecular flexibility index (Phi) is 3.54. The second-order valence-corrected chi connectivity index (χ2v) is 4.13. The summed E-state index contributed by atoms with van der Waals surface area (Å²) < 4.78 is 5.51. The van der Waals surface area contributed by atoms with Crippen LogP contribution in [0, 0.1) is 13.8 Å². The van der Waals surface area contributed by atoms with Crippen molar-refractivity contribution in [3.8, 4) is 0 Å². The smallest absolute Gasteiger partial charge is 0.208 e. The number of hydrogen-bond acceptors (Lipinski definition) is 4. The van der Waals surface area contributed by atoms with Gasteiger partial charge in [-0.05, 0) is 38.5 Å². The quantitative estimate of drug-likeness (QED) is 0.878. The molecule has 2 rings (SSSR count). The molecule has 0 aliphatic rings. The first-order valence-electron chi connectivity index (χ1n) is 5.73. The van der Waals surface area contributed by atoms with E-state index in [1.807, 2.05) is 26.0 Å². The van der Waals surface area contributed by atoms with E-state index in [0.29, 0.717) is 6.54 Å². The largest absolute Gasteiger partial charge is 0.444 e. The Balaban J connectivity index is 1.94. The SMILES string of the molecule is Cc1nc(CNC(C)c2ccncc2)oc1C. The number of aryl methyl sites for hydroxylation is 2. The average molecular weight is 231 g/mol. The molecule has 0 aromatic carbocycles. The van der Waals surface area contributed by atoms with Crippen LogP contribution in [-0.4, -0.2) is 9.97 Å². The molecule has 4 nitrogen and oxygen atoms in total. The number of oxazole rings is 1. The van der Waals surface area contributed by atoms with Gasteiger partial charge in [0, 0.05) is 18.4 Å².